The Morgan fingerprint density at radius 2 is 2.13 bits per heavy atom. The van der Waals surface area contributed by atoms with E-state index in [-0.39, 0.29) is 23.8 Å². The molecular formula is C25H33NO4S. The normalized spacial score (nSPS) is 18.0. The molecule has 0 aromatic heterocycles. The zero-order chi connectivity index (χ0) is 22.5. The second-order valence-electron chi connectivity index (χ2n) is 7.71. The molecule has 0 aliphatic carbocycles. The minimum Gasteiger partial charge on any atom is -0.469 e. The van der Waals surface area contributed by atoms with Gasteiger partial charge in [0.1, 0.15) is 0 Å². The molecule has 1 heterocycles. The van der Waals surface area contributed by atoms with Gasteiger partial charge < -0.3 is 14.7 Å². The second kappa shape index (κ2) is 14.0. The highest BCUT2D eigenvalue weighted by molar-refractivity contribution is 7.99. The van der Waals surface area contributed by atoms with E-state index in [1.165, 1.54) is 7.11 Å². The summed E-state index contributed by atoms with van der Waals surface area (Å²) in [5.41, 5.74) is 0.975. The summed E-state index contributed by atoms with van der Waals surface area (Å²) in [6.07, 6.45) is 6.36. The fourth-order valence-corrected chi connectivity index (χ4v) is 4.20. The van der Waals surface area contributed by atoms with Crippen LogP contribution in [-0.2, 0) is 14.3 Å². The molecule has 0 radical (unpaired) electrons. The van der Waals surface area contributed by atoms with Gasteiger partial charge in [-0.25, -0.2) is 0 Å². The van der Waals surface area contributed by atoms with Crippen molar-refractivity contribution in [2.24, 2.45) is 5.92 Å². The number of esters is 1. The van der Waals surface area contributed by atoms with E-state index in [1.54, 1.807) is 11.8 Å². The number of methoxy groups -OCH3 is 1. The number of rotatable bonds is 11. The Bertz CT molecular complexity index is 784. The van der Waals surface area contributed by atoms with Crippen molar-refractivity contribution in [3.63, 3.8) is 0 Å². The minimum atomic E-state index is -0.588. The molecule has 1 aliphatic heterocycles. The van der Waals surface area contributed by atoms with Crippen LogP contribution in [0.3, 0.4) is 0 Å². The molecule has 3 atom stereocenters. The first-order chi connectivity index (χ1) is 15.0. The van der Waals surface area contributed by atoms with E-state index in [0.29, 0.717) is 25.8 Å². The van der Waals surface area contributed by atoms with Crippen molar-refractivity contribution in [3.8, 4) is 11.8 Å². The summed E-state index contributed by atoms with van der Waals surface area (Å²) in [6.45, 7) is 2.67. The third-order valence-corrected chi connectivity index (χ3v) is 6.34. The van der Waals surface area contributed by atoms with Gasteiger partial charge in [-0.2, -0.15) is 11.8 Å². The van der Waals surface area contributed by atoms with Crippen LogP contribution in [0.15, 0.2) is 42.5 Å². The Morgan fingerprint density at radius 3 is 2.87 bits per heavy atom. The van der Waals surface area contributed by atoms with Gasteiger partial charge in [-0.05, 0) is 36.6 Å². The lowest BCUT2D eigenvalue weighted by Crippen LogP contribution is -2.34. The lowest BCUT2D eigenvalue weighted by Gasteiger charge is -2.23. The third kappa shape index (κ3) is 9.20. The first-order valence-electron chi connectivity index (χ1n) is 10.9. The predicted molar refractivity (Wildman–Crippen MR) is 126 cm³/mol. The summed E-state index contributed by atoms with van der Waals surface area (Å²) in [5.74, 6) is 7.98. The topological polar surface area (TPSA) is 66.8 Å². The van der Waals surface area contributed by atoms with Gasteiger partial charge in [-0.1, -0.05) is 49.1 Å². The van der Waals surface area contributed by atoms with Crippen LogP contribution >= 0.6 is 11.8 Å². The number of benzene rings is 1. The SMILES string of the molecule is COC(=O)CCCSCCN1C(=O)CC[C@@H]1C=C[C@H](O)[C@@H](C)CC#Cc1ccccc1. The van der Waals surface area contributed by atoms with Gasteiger partial charge in [0, 0.05) is 37.1 Å². The van der Waals surface area contributed by atoms with E-state index in [1.807, 2.05) is 54.3 Å². The molecule has 5 nitrogen and oxygen atoms in total. The fraction of sp³-hybridized carbons (Fsp3) is 0.520. The smallest absolute Gasteiger partial charge is 0.305 e. The van der Waals surface area contributed by atoms with Gasteiger partial charge in [-0.3, -0.25) is 9.59 Å². The molecule has 1 saturated heterocycles. The number of hydrogen-bond donors (Lipinski definition) is 1. The van der Waals surface area contributed by atoms with E-state index >= 15 is 0 Å². The average Bonchev–Trinajstić information content (AvgIpc) is 3.14. The Morgan fingerprint density at radius 1 is 1.35 bits per heavy atom. The van der Waals surface area contributed by atoms with Crippen molar-refractivity contribution in [1.29, 1.82) is 0 Å². The number of aliphatic hydroxyl groups excluding tert-OH is 1. The summed E-state index contributed by atoms with van der Waals surface area (Å²) in [5, 5.41) is 10.5. The van der Waals surface area contributed by atoms with E-state index < -0.39 is 6.10 Å². The number of carbonyl (C=O) groups excluding carboxylic acids is 2. The number of likely N-dealkylation sites (tertiary alicyclic amines) is 1. The molecular weight excluding hydrogens is 410 g/mol. The first-order valence-corrected chi connectivity index (χ1v) is 12.0. The molecule has 1 aromatic carbocycles. The van der Waals surface area contributed by atoms with Crippen LogP contribution in [0.2, 0.25) is 0 Å². The Labute approximate surface area is 190 Å². The third-order valence-electron chi connectivity index (χ3n) is 5.29. The van der Waals surface area contributed by atoms with E-state index in [0.717, 1.165) is 29.9 Å². The van der Waals surface area contributed by atoms with E-state index in [9.17, 15) is 14.7 Å². The summed E-state index contributed by atoms with van der Waals surface area (Å²) in [7, 11) is 1.40. The standard InChI is InChI=1S/C25H33NO4S/c1-20(8-6-11-21-9-4-3-5-10-21)23(27)15-13-22-14-16-24(28)26(22)17-19-31-18-7-12-25(29)30-2/h3-5,9-10,13,15,20,22-23,27H,7-8,12,14,16-19H2,1-2H3/t20-,22-,23-/m0/s1. The van der Waals surface area contributed by atoms with Crippen molar-refractivity contribution in [2.45, 2.75) is 51.2 Å². The maximum atomic E-state index is 12.2. The van der Waals surface area contributed by atoms with Gasteiger partial charge in [0.25, 0.3) is 0 Å². The Hall–Kier alpha value is -2.23. The number of hydrogen-bond acceptors (Lipinski definition) is 5. The van der Waals surface area contributed by atoms with Crippen molar-refractivity contribution in [2.75, 3.05) is 25.2 Å². The zero-order valence-corrected chi connectivity index (χ0v) is 19.3. The van der Waals surface area contributed by atoms with Crippen LogP contribution < -0.4 is 0 Å². The molecule has 0 bridgehead atoms. The monoisotopic (exact) mass is 443 g/mol. The first kappa shape index (κ1) is 25.0. The highest BCUT2D eigenvalue weighted by Gasteiger charge is 2.28. The van der Waals surface area contributed by atoms with Crippen LogP contribution in [0.4, 0.5) is 0 Å². The molecule has 31 heavy (non-hydrogen) atoms. The maximum absolute atomic E-state index is 12.2. The van der Waals surface area contributed by atoms with Gasteiger partial charge in [0.2, 0.25) is 5.91 Å². The summed E-state index contributed by atoms with van der Waals surface area (Å²) >= 11 is 1.74. The predicted octanol–water partition coefficient (Wildman–Crippen LogP) is 3.66. The second-order valence-corrected chi connectivity index (χ2v) is 8.93. The summed E-state index contributed by atoms with van der Waals surface area (Å²) in [4.78, 5) is 25.2. The van der Waals surface area contributed by atoms with Crippen LogP contribution in [0.1, 0.15) is 44.6 Å². The van der Waals surface area contributed by atoms with Crippen molar-refractivity contribution in [1.82, 2.24) is 4.90 Å². The largest absolute Gasteiger partial charge is 0.469 e. The quantitative estimate of drug-likeness (QED) is 0.245. The lowest BCUT2D eigenvalue weighted by atomic mass is 9.99. The summed E-state index contributed by atoms with van der Waals surface area (Å²) in [6, 6.07) is 9.86. The minimum absolute atomic E-state index is 0.0170. The molecule has 168 valence electrons. The summed E-state index contributed by atoms with van der Waals surface area (Å²) < 4.78 is 4.63. The van der Waals surface area contributed by atoms with Gasteiger partial charge >= 0.3 is 5.97 Å². The number of ether oxygens (including phenoxy) is 1. The zero-order valence-electron chi connectivity index (χ0n) is 18.5. The molecule has 1 fully saturated rings. The average molecular weight is 444 g/mol. The van der Waals surface area contributed by atoms with Gasteiger partial charge in [-0.15, -0.1) is 0 Å². The fourth-order valence-electron chi connectivity index (χ4n) is 3.32. The molecule has 1 aromatic rings. The van der Waals surface area contributed by atoms with Crippen molar-refractivity contribution in [3.05, 3.63) is 48.0 Å². The van der Waals surface area contributed by atoms with Crippen LogP contribution in [0.25, 0.3) is 0 Å². The molecule has 1 aliphatic rings. The molecule has 0 spiro atoms. The molecule has 6 heteroatoms. The molecule has 1 N–H and O–H groups in total. The van der Waals surface area contributed by atoms with Crippen molar-refractivity contribution < 1.29 is 19.4 Å². The number of aliphatic hydroxyl groups is 1. The van der Waals surface area contributed by atoms with Gasteiger partial charge in [0.05, 0.1) is 19.3 Å². The van der Waals surface area contributed by atoms with Crippen LogP contribution in [0.5, 0.6) is 0 Å². The lowest BCUT2D eigenvalue weighted by molar-refractivity contribution is -0.140. The number of nitrogens with zero attached hydrogens (tertiary/aromatic N) is 1. The highest BCUT2D eigenvalue weighted by Crippen LogP contribution is 2.21. The Balaban J connectivity index is 1.74. The number of thioether (sulfide) groups is 1. The van der Waals surface area contributed by atoms with Crippen LogP contribution in [-0.4, -0.2) is 59.2 Å². The van der Waals surface area contributed by atoms with Crippen molar-refractivity contribution >= 4 is 23.6 Å². The molecule has 2 rings (SSSR count). The Kier molecular flexibility index (Phi) is 11.3. The van der Waals surface area contributed by atoms with Crippen LogP contribution in [0, 0.1) is 17.8 Å². The van der Waals surface area contributed by atoms with Gasteiger partial charge in [0.15, 0.2) is 0 Å². The highest BCUT2D eigenvalue weighted by atomic mass is 32.2. The maximum Gasteiger partial charge on any atom is 0.305 e. The van der Waals surface area contributed by atoms with E-state index in [2.05, 4.69) is 16.6 Å². The number of amides is 1. The van der Waals surface area contributed by atoms with E-state index in [4.69, 9.17) is 0 Å². The molecule has 0 saturated carbocycles. The molecule has 1 amide bonds. The number of carbonyl (C=O) groups is 2. The molecule has 0 unspecified atom stereocenters.